The lowest BCUT2D eigenvalue weighted by Gasteiger charge is -2.19. The van der Waals surface area contributed by atoms with Crippen molar-refractivity contribution in [2.75, 3.05) is 23.9 Å². The average Bonchev–Trinajstić information content (AvgIpc) is 2.31. The Morgan fingerprint density at radius 1 is 1.27 bits per heavy atom. The normalized spacial score (nSPS) is 11.8. The number of nitrogens with one attached hydrogen (secondary N) is 1. The molecule has 0 aromatic heterocycles. The summed E-state index contributed by atoms with van der Waals surface area (Å²) in [6, 6.07) is 6.84. The lowest BCUT2D eigenvalue weighted by Crippen LogP contribution is -2.27. The molecule has 124 valence electrons. The van der Waals surface area contributed by atoms with Gasteiger partial charge in [0.05, 0.1) is 12.4 Å². The highest BCUT2D eigenvalue weighted by Gasteiger charge is 2.16. The van der Waals surface area contributed by atoms with Crippen molar-refractivity contribution >= 4 is 21.6 Å². The van der Waals surface area contributed by atoms with Crippen LogP contribution >= 0.6 is 0 Å². The average molecular weight is 329 g/mol. The molecule has 0 aliphatic rings. The second kappa shape index (κ2) is 7.49. The predicted octanol–water partition coefficient (Wildman–Crippen LogP) is 2.85. The summed E-state index contributed by atoms with van der Waals surface area (Å²) >= 11 is 0. The highest BCUT2D eigenvalue weighted by atomic mass is 32.2. The zero-order valence-electron chi connectivity index (χ0n) is 13.4. The maximum absolute atomic E-state index is 11.7. The van der Waals surface area contributed by atoms with Crippen LogP contribution in [0, 0.1) is 0 Å². The van der Waals surface area contributed by atoms with Gasteiger partial charge in [0.1, 0.15) is 21.2 Å². The molecule has 1 aromatic carbocycles. The molecule has 0 atom stereocenters. The Morgan fingerprint density at radius 3 is 2.55 bits per heavy atom. The van der Waals surface area contributed by atoms with E-state index in [2.05, 4.69) is 5.32 Å². The van der Waals surface area contributed by atoms with Crippen molar-refractivity contribution in [2.24, 2.45) is 0 Å². The fraction of sp³-hybridized carbons (Fsp3) is 0.533. The molecular formula is C15H23NO5S. The third kappa shape index (κ3) is 8.51. The van der Waals surface area contributed by atoms with Gasteiger partial charge in [-0.15, -0.1) is 0 Å². The number of anilines is 1. The molecule has 0 spiro atoms. The lowest BCUT2D eigenvalue weighted by atomic mass is 10.2. The lowest BCUT2D eigenvalue weighted by molar-refractivity contribution is 0.0636. The van der Waals surface area contributed by atoms with Gasteiger partial charge in [0.15, 0.2) is 0 Å². The van der Waals surface area contributed by atoms with Gasteiger partial charge >= 0.3 is 6.09 Å². The van der Waals surface area contributed by atoms with E-state index in [1.54, 1.807) is 45.0 Å². The van der Waals surface area contributed by atoms with Crippen molar-refractivity contribution in [3.63, 3.8) is 0 Å². The van der Waals surface area contributed by atoms with Crippen molar-refractivity contribution in [3.05, 3.63) is 24.3 Å². The molecule has 0 heterocycles. The summed E-state index contributed by atoms with van der Waals surface area (Å²) in [4.78, 5) is 11.7. The third-order valence-electron chi connectivity index (χ3n) is 2.41. The minimum Gasteiger partial charge on any atom is -0.493 e. The van der Waals surface area contributed by atoms with E-state index in [9.17, 15) is 13.2 Å². The van der Waals surface area contributed by atoms with Crippen LogP contribution < -0.4 is 10.1 Å². The largest absolute Gasteiger partial charge is 0.493 e. The van der Waals surface area contributed by atoms with Crippen LogP contribution in [0.15, 0.2) is 24.3 Å². The number of sulfone groups is 1. The summed E-state index contributed by atoms with van der Waals surface area (Å²) in [6.45, 7) is 5.65. The van der Waals surface area contributed by atoms with E-state index in [1.807, 2.05) is 0 Å². The zero-order chi connectivity index (χ0) is 16.8. The molecule has 0 radical (unpaired) electrons. The maximum atomic E-state index is 11.7. The molecule has 7 heteroatoms. The summed E-state index contributed by atoms with van der Waals surface area (Å²) in [5.74, 6) is 0.644. The Labute approximate surface area is 131 Å². The van der Waals surface area contributed by atoms with E-state index in [4.69, 9.17) is 9.47 Å². The smallest absolute Gasteiger partial charge is 0.412 e. The molecule has 6 nitrogen and oxygen atoms in total. The number of rotatable bonds is 6. The summed E-state index contributed by atoms with van der Waals surface area (Å²) < 4.78 is 32.7. The van der Waals surface area contributed by atoms with Gasteiger partial charge in [-0.2, -0.15) is 0 Å². The monoisotopic (exact) mass is 329 g/mol. The first-order chi connectivity index (χ1) is 10.1. The number of hydrogen-bond acceptors (Lipinski definition) is 5. The molecule has 0 fully saturated rings. The first-order valence-electron chi connectivity index (χ1n) is 6.96. The standard InChI is InChI=1S/C15H23NO5S/c1-15(2,3)21-14(17)16-12-7-5-8-13(11-12)20-9-6-10-22(4,18)19/h5,7-8,11H,6,9-10H2,1-4H3,(H,16,17). The van der Waals surface area contributed by atoms with Crippen LogP contribution in [0.25, 0.3) is 0 Å². The predicted molar refractivity (Wildman–Crippen MR) is 86.1 cm³/mol. The summed E-state index contributed by atoms with van der Waals surface area (Å²) in [5.41, 5.74) is -0.0148. The molecule has 0 aliphatic heterocycles. The molecule has 0 bridgehead atoms. The van der Waals surface area contributed by atoms with Gasteiger partial charge in [0, 0.05) is 18.0 Å². The molecule has 22 heavy (non-hydrogen) atoms. The second-order valence-electron chi connectivity index (χ2n) is 5.99. The van der Waals surface area contributed by atoms with Gasteiger partial charge in [-0.05, 0) is 39.3 Å². The minimum atomic E-state index is -2.97. The number of ether oxygens (including phenoxy) is 2. The fourth-order valence-electron chi connectivity index (χ4n) is 1.60. The number of hydrogen-bond donors (Lipinski definition) is 1. The first kappa shape index (κ1) is 18.3. The van der Waals surface area contributed by atoms with Gasteiger partial charge < -0.3 is 9.47 Å². The zero-order valence-corrected chi connectivity index (χ0v) is 14.2. The Hall–Kier alpha value is -1.76. The maximum Gasteiger partial charge on any atom is 0.412 e. The Balaban J connectivity index is 2.50. The van der Waals surface area contributed by atoms with Gasteiger partial charge in [0.25, 0.3) is 0 Å². The van der Waals surface area contributed by atoms with Crippen LogP contribution in [-0.4, -0.2) is 38.7 Å². The number of carbonyl (C=O) groups is 1. The van der Waals surface area contributed by atoms with E-state index in [0.717, 1.165) is 0 Å². The van der Waals surface area contributed by atoms with E-state index in [1.165, 1.54) is 6.26 Å². The van der Waals surface area contributed by atoms with E-state index in [-0.39, 0.29) is 5.75 Å². The van der Waals surface area contributed by atoms with Crippen molar-refractivity contribution < 1.29 is 22.7 Å². The van der Waals surface area contributed by atoms with Crippen LogP contribution in [-0.2, 0) is 14.6 Å². The number of carbonyl (C=O) groups excluding carboxylic acids is 1. The highest BCUT2D eigenvalue weighted by molar-refractivity contribution is 7.90. The molecule has 1 N–H and O–H groups in total. The number of benzene rings is 1. The summed E-state index contributed by atoms with van der Waals surface area (Å²) in [7, 11) is -2.97. The quantitative estimate of drug-likeness (QED) is 0.812. The van der Waals surface area contributed by atoms with E-state index < -0.39 is 21.5 Å². The SMILES string of the molecule is CC(C)(C)OC(=O)Nc1cccc(OCCCS(C)(=O)=O)c1. The van der Waals surface area contributed by atoms with Crippen LogP contribution in [0.1, 0.15) is 27.2 Å². The molecular weight excluding hydrogens is 306 g/mol. The molecule has 1 amide bonds. The topological polar surface area (TPSA) is 81.7 Å². The summed E-state index contributed by atoms with van der Waals surface area (Å²) in [5, 5.41) is 2.62. The van der Waals surface area contributed by atoms with Gasteiger partial charge in [-0.1, -0.05) is 6.07 Å². The Bertz CT molecular complexity index is 605. The second-order valence-corrected chi connectivity index (χ2v) is 8.25. The fourth-order valence-corrected chi connectivity index (χ4v) is 2.24. The van der Waals surface area contributed by atoms with E-state index in [0.29, 0.717) is 24.5 Å². The van der Waals surface area contributed by atoms with Crippen molar-refractivity contribution in [1.82, 2.24) is 0 Å². The van der Waals surface area contributed by atoms with Crippen LogP contribution in [0.2, 0.25) is 0 Å². The third-order valence-corrected chi connectivity index (χ3v) is 3.44. The van der Waals surface area contributed by atoms with Crippen molar-refractivity contribution in [1.29, 1.82) is 0 Å². The molecule has 1 rings (SSSR count). The van der Waals surface area contributed by atoms with Crippen molar-refractivity contribution in [2.45, 2.75) is 32.8 Å². The molecule has 1 aromatic rings. The summed E-state index contributed by atoms with van der Waals surface area (Å²) in [6.07, 6.45) is 1.07. The van der Waals surface area contributed by atoms with Crippen LogP contribution in [0.4, 0.5) is 10.5 Å². The van der Waals surface area contributed by atoms with E-state index >= 15 is 0 Å². The Kier molecular flexibility index (Phi) is 6.22. The van der Waals surface area contributed by atoms with Crippen LogP contribution in [0.5, 0.6) is 5.75 Å². The molecule has 0 unspecified atom stereocenters. The molecule has 0 saturated heterocycles. The van der Waals surface area contributed by atoms with Crippen LogP contribution in [0.3, 0.4) is 0 Å². The molecule has 0 aliphatic carbocycles. The minimum absolute atomic E-state index is 0.0862. The van der Waals surface area contributed by atoms with Gasteiger partial charge in [-0.3, -0.25) is 5.32 Å². The number of amides is 1. The molecule has 0 saturated carbocycles. The van der Waals surface area contributed by atoms with Gasteiger partial charge in [0.2, 0.25) is 0 Å². The first-order valence-corrected chi connectivity index (χ1v) is 9.02. The van der Waals surface area contributed by atoms with Gasteiger partial charge in [-0.25, -0.2) is 13.2 Å². The van der Waals surface area contributed by atoms with Crippen molar-refractivity contribution in [3.8, 4) is 5.75 Å². The highest BCUT2D eigenvalue weighted by Crippen LogP contribution is 2.18. The Morgan fingerprint density at radius 2 is 1.95 bits per heavy atom.